The SMILES string of the molecule is O=C(O)c1[nH]c(=O)ccc1-c1ccc(Cl)c(Cl)c1. The molecule has 0 bridgehead atoms. The fourth-order valence-corrected chi connectivity index (χ4v) is 1.85. The summed E-state index contributed by atoms with van der Waals surface area (Å²) in [5.41, 5.74) is 0.288. The van der Waals surface area contributed by atoms with E-state index in [0.717, 1.165) is 0 Å². The number of carboxylic acids is 1. The van der Waals surface area contributed by atoms with Crippen molar-refractivity contribution in [1.82, 2.24) is 4.98 Å². The quantitative estimate of drug-likeness (QED) is 0.890. The molecule has 1 aromatic heterocycles. The van der Waals surface area contributed by atoms with E-state index in [4.69, 9.17) is 28.3 Å². The normalized spacial score (nSPS) is 10.3. The average molecular weight is 284 g/mol. The number of aromatic carboxylic acids is 1. The maximum absolute atomic E-state index is 11.1. The van der Waals surface area contributed by atoms with Crippen molar-refractivity contribution in [3.8, 4) is 11.1 Å². The molecule has 18 heavy (non-hydrogen) atoms. The van der Waals surface area contributed by atoms with Crippen molar-refractivity contribution in [2.75, 3.05) is 0 Å². The van der Waals surface area contributed by atoms with Crippen LogP contribution in [0.2, 0.25) is 10.0 Å². The number of hydrogen-bond donors (Lipinski definition) is 2. The van der Waals surface area contributed by atoms with Crippen molar-refractivity contribution in [3.05, 3.63) is 56.4 Å². The van der Waals surface area contributed by atoms with Crippen molar-refractivity contribution in [1.29, 1.82) is 0 Å². The highest BCUT2D eigenvalue weighted by Crippen LogP contribution is 2.29. The number of pyridine rings is 1. The summed E-state index contributed by atoms with van der Waals surface area (Å²) in [6, 6.07) is 7.43. The highest BCUT2D eigenvalue weighted by atomic mass is 35.5. The monoisotopic (exact) mass is 283 g/mol. The first-order valence-electron chi connectivity index (χ1n) is 4.91. The third kappa shape index (κ3) is 2.39. The maximum Gasteiger partial charge on any atom is 0.353 e. The number of aromatic nitrogens is 1. The van der Waals surface area contributed by atoms with Crippen LogP contribution in [0.4, 0.5) is 0 Å². The number of carboxylic acid groups (broad SMARTS) is 1. The van der Waals surface area contributed by atoms with E-state index in [2.05, 4.69) is 4.98 Å². The van der Waals surface area contributed by atoms with Gasteiger partial charge in [-0.15, -0.1) is 0 Å². The second-order valence-corrected chi connectivity index (χ2v) is 4.36. The first kappa shape index (κ1) is 12.7. The zero-order valence-corrected chi connectivity index (χ0v) is 10.4. The summed E-state index contributed by atoms with van der Waals surface area (Å²) in [6.07, 6.45) is 0. The number of aromatic amines is 1. The minimum atomic E-state index is -1.21. The third-order valence-electron chi connectivity index (χ3n) is 2.36. The topological polar surface area (TPSA) is 70.2 Å². The molecule has 0 atom stereocenters. The molecule has 0 aliphatic heterocycles. The van der Waals surface area contributed by atoms with Gasteiger partial charge in [0, 0.05) is 11.6 Å². The number of rotatable bonds is 2. The second kappa shape index (κ2) is 4.84. The Morgan fingerprint density at radius 3 is 2.44 bits per heavy atom. The summed E-state index contributed by atoms with van der Waals surface area (Å²) in [7, 11) is 0. The Bertz CT molecular complexity index is 679. The summed E-state index contributed by atoms with van der Waals surface area (Å²) in [4.78, 5) is 24.5. The summed E-state index contributed by atoms with van der Waals surface area (Å²) in [5, 5.41) is 9.74. The highest BCUT2D eigenvalue weighted by molar-refractivity contribution is 6.42. The smallest absolute Gasteiger partial charge is 0.353 e. The molecule has 0 saturated heterocycles. The van der Waals surface area contributed by atoms with Crippen molar-refractivity contribution in [2.45, 2.75) is 0 Å². The van der Waals surface area contributed by atoms with Crippen molar-refractivity contribution in [2.24, 2.45) is 0 Å². The fourth-order valence-electron chi connectivity index (χ4n) is 1.55. The predicted octanol–water partition coefficient (Wildman–Crippen LogP) is 3.05. The molecule has 2 N–H and O–H groups in total. The molecular formula is C12H7Cl2NO3. The Labute approximate surface area is 112 Å². The van der Waals surface area contributed by atoms with E-state index >= 15 is 0 Å². The molecule has 6 heteroatoms. The van der Waals surface area contributed by atoms with E-state index in [-0.39, 0.29) is 5.69 Å². The molecule has 2 rings (SSSR count). The fraction of sp³-hybridized carbons (Fsp3) is 0. The van der Waals surface area contributed by atoms with E-state index in [1.165, 1.54) is 12.1 Å². The van der Waals surface area contributed by atoms with Gasteiger partial charge in [0.2, 0.25) is 5.56 Å². The van der Waals surface area contributed by atoms with E-state index in [1.54, 1.807) is 18.2 Å². The molecule has 1 heterocycles. The molecule has 0 aliphatic rings. The van der Waals surface area contributed by atoms with Crippen LogP contribution >= 0.6 is 23.2 Å². The summed E-state index contributed by atoms with van der Waals surface area (Å²) >= 11 is 11.7. The number of benzene rings is 1. The average Bonchev–Trinajstić information content (AvgIpc) is 2.32. The van der Waals surface area contributed by atoms with Crippen LogP contribution in [-0.4, -0.2) is 16.1 Å². The number of carbonyl (C=O) groups is 1. The lowest BCUT2D eigenvalue weighted by Crippen LogP contribution is -2.12. The lowest BCUT2D eigenvalue weighted by Gasteiger charge is -2.06. The van der Waals surface area contributed by atoms with Crippen LogP contribution in [0, 0.1) is 0 Å². The molecule has 0 fully saturated rings. The van der Waals surface area contributed by atoms with Gasteiger partial charge in [-0.25, -0.2) is 4.79 Å². The standard InChI is InChI=1S/C12H7Cl2NO3/c13-8-3-1-6(5-9(8)14)7-2-4-10(16)15-11(7)12(17)18/h1-5H,(H,15,16)(H,17,18). The van der Waals surface area contributed by atoms with Gasteiger partial charge in [0.1, 0.15) is 5.69 Å². The maximum atomic E-state index is 11.1. The van der Waals surface area contributed by atoms with Crippen molar-refractivity contribution >= 4 is 29.2 Å². The third-order valence-corrected chi connectivity index (χ3v) is 3.10. The summed E-state index contributed by atoms with van der Waals surface area (Å²) in [5.74, 6) is -1.21. The molecule has 0 unspecified atom stereocenters. The number of hydrogen-bond acceptors (Lipinski definition) is 2. The van der Waals surface area contributed by atoms with Crippen LogP contribution in [0.1, 0.15) is 10.5 Å². The molecule has 92 valence electrons. The Kier molecular flexibility index (Phi) is 3.41. The van der Waals surface area contributed by atoms with Crippen LogP contribution in [0.15, 0.2) is 35.1 Å². The van der Waals surface area contributed by atoms with Crippen LogP contribution in [0.3, 0.4) is 0 Å². The minimum absolute atomic E-state index is 0.180. The second-order valence-electron chi connectivity index (χ2n) is 3.55. The summed E-state index contributed by atoms with van der Waals surface area (Å²) < 4.78 is 0. The molecule has 0 amide bonds. The van der Waals surface area contributed by atoms with Gasteiger partial charge >= 0.3 is 5.97 Å². The van der Waals surface area contributed by atoms with Gasteiger partial charge in [-0.05, 0) is 23.8 Å². The molecule has 2 aromatic rings. The van der Waals surface area contributed by atoms with Gasteiger partial charge in [-0.1, -0.05) is 29.3 Å². The largest absolute Gasteiger partial charge is 0.477 e. The molecule has 4 nitrogen and oxygen atoms in total. The molecule has 0 radical (unpaired) electrons. The van der Waals surface area contributed by atoms with Crippen LogP contribution < -0.4 is 5.56 Å². The highest BCUT2D eigenvalue weighted by Gasteiger charge is 2.13. The molecule has 0 aliphatic carbocycles. The van der Waals surface area contributed by atoms with Gasteiger partial charge in [-0.2, -0.15) is 0 Å². The van der Waals surface area contributed by atoms with Crippen LogP contribution in [0.25, 0.3) is 11.1 Å². The Morgan fingerprint density at radius 2 is 1.83 bits per heavy atom. The first-order valence-corrected chi connectivity index (χ1v) is 5.66. The van der Waals surface area contributed by atoms with Crippen molar-refractivity contribution in [3.63, 3.8) is 0 Å². The first-order chi connectivity index (χ1) is 8.49. The van der Waals surface area contributed by atoms with Crippen LogP contribution in [-0.2, 0) is 0 Å². The zero-order chi connectivity index (χ0) is 13.3. The predicted molar refractivity (Wildman–Crippen MR) is 69.5 cm³/mol. The van der Waals surface area contributed by atoms with E-state index in [1.807, 2.05) is 0 Å². The number of halogens is 2. The zero-order valence-electron chi connectivity index (χ0n) is 8.91. The minimum Gasteiger partial charge on any atom is -0.477 e. The van der Waals surface area contributed by atoms with Gasteiger partial charge < -0.3 is 10.1 Å². The van der Waals surface area contributed by atoms with E-state index < -0.39 is 11.5 Å². The Morgan fingerprint density at radius 1 is 1.11 bits per heavy atom. The van der Waals surface area contributed by atoms with E-state index in [0.29, 0.717) is 21.2 Å². The number of H-pyrrole nitrogens is 1. The van der Waals surface area contributed by atoms with Gasteiger partial charge in [0.15, 0.2) is 0 Å². The Balaban J connectivity index is 2.66. The lowest BCUT2D eigenvalue weighted by atomic mass is 10.0. The van der Waals surface area contributed by atoms with Gasteiger partial charge in [-0.3, -0.25) is 4.79 Å². The summed E-state index contributed by atoms with van der Waals surface area (Å²) in [6.45, 7) is 0. The molecular weight excluding hydrogens is 277 g/mol. The molecule has 1 aromatic carbocycles. The molecule has 0 saturated carbocycles. The van der Waals surface area contributed by atoms with E-state index in [9.17, 15) is 9.59 Å². The van der Waals surface area contributed by atoms with Crippen LogP contribution in [0.5, 0.6) is 0 Å². The van der Waals surface area contributed by atoms with Gasteiger partial charge in [0.05, 0.1) is 10.0 Å². The number of nitrogens with one attached hydrogen (secondary N) is 1. The Hall–Kier alpha value is -1.78. The molecule has 0 spiro atoms. The lowest BCUT2D eigenvalue weighted by molar-refractivity contribution is 0.0691. The van der Waals surface area contributed by atoms with Crippen molar-refractivity contribution < 1.29 is 9.90 Å². The van der Waals surface area contributed by atoms with Gasteiger partial charge in [0.25, 0.3) is 0 Å².